The smallest absolute Gasteiger partial charge is 0.183 e. The van der Waals surface area contributed by atoms with Gasteiger partial charge in [0, 0.05) is 5.56 Å². The standard InChI is InChI=1S/C10H12O3/c11-9-4-1-3-8(7-9)10-12-5-2-6-13-10/h1,3-4,7,10-11H,2,5-6H2. The minimum Gasteiger partial charge on any atom is -0.508 e. The van der Waals surface area contributed by atoms with Gasteiger partial charge in [0.15, 0.2) is 6.29 Å². The van der Waals surface area contributed by atoms with Crippen molar-refractivity contribution in [1.29, 1.82) is 0 Å². The first kappa shape index (κ1) is 8.53. The zero-order valence-corrected chi connectivity index (χ0v) is 7.27. The largest absolute Gasteiger partial charge is 0.508 e. The molecule has 70 valence electrons. The second-order valence-electron chi connectivity index (χ2n) is 3.02. The van der Waals surface area contributed by atoms with Crippen LogP contribution in [0, 0.1) is 0 Å². The first-order valence-corrected chi connectivity index (χ1v) is 4.38. The number of phenolic OH excluding ortho intramolecular Hbond substituents is 1. The molecule has 1 N–H and O–H groups in total. The lowest BCUT2D eigenvalue weighted by Crippen LogP contribution is -2.17. The number of phenols is 1. The summed E-state index contributed by atoms with van der Waals surface area (Å²) in [6.45, 7) is 1.45. The fraction of sp³-hybridized carbons (Fsp3) is 0.400. The normalized spacial score (nSPS) is 18.8. The Hall–Kier alpha value is -1.06. The van der Waals surface area contributed by atoms with E-state index in [1.807, 2.05) is 6.07 Å². The minimum absolute atomic E-state index is 0.246. The molecule has 1 fully saturated rings. The van der Waals surface area contributed by atoms with Gasteiger partial charge in [-0.25, -0.2) is 0 Å². The van der Waals surface area contributed by atoms with E-state index in [-0.39, 0.29) is 12.0 Å². The SMILES string of the molecule is Oc1cccc(C2OCCCO2)c1. The quantitative estimate of drug-likeness (QED) is 0.716. The van der Waals surface area contributed by atoms with Gasteiger partial charge in [0.2, 0.25) is 0 Å². The van der Waals surface area contributed by atoms with E-state index in [2.05, 4.69) is 0 Å². The van der Waals surface area contributed by atoms with E-state index in [0.29, 0.717) is 0 Å². The maximum absolute atomic E-state index is 9.23. The summed E-state index contributed by atoms with van der Waals surface area (Å²) in [7, 11) is 0. The molecular weight excluding hydrogens is 168 g/mol. The van der Waals surface area contributed by atoms with E-state index in [1.165, 1.54) is 0 Å². The highest BCUT2D eigenvalue weighted by molar-refractivity contribution is 5.27. The molecule has 0 aromatic heterocycles. The van der Waals surface area contributed by atoms with E-state index < -0.39 is 0 Å². The molecule has 0 unspecified atom stereocenters. The lowest BCUT2D eigenvalue weighted by atomic mass is 10.2. The number of aromatic hydroxyl groups is 1. The Morgan fingerprint density at radius 1 is 1.23 bits per heavy atom. The molecule has 1 heterocycles. The van der Waals surface area contributed by atoms with Gasteiger partial charge in [-0.2, -0.15) is 0 Å². The summed E-state index contributed by atoms with van der Waals surface area (Å²) in [5.41, 5.74) is 0.875. The molecule has 0 saturated carbocycles. The maximum atomic E-state index is 9.23. The fourth-order valence-electron chi connectivity index (χ4n) is 1.35. The molecule has 0 amide bonds. The number of ether oxygens (including phenoxy) is 2. The topological polar surface area (TPSA) is 38.7 Å². The van der Waals surface area contributed by atoms with Crippen molar-refractivity contribution in [1.82, 2.24) is 0 Å². The summed E-state index contributed by atoms with van der Waals surface area (Å²) >= 11 is 0. The van der Waals surface area contributed by atoms with Crippen LogP contribution in [0.4, 0.5) is 0 Å². The second-order valence-corrected chi connectivity index (χ2v) is 3.02. The molecule has 1 aromatic rings. The third-order valence-electron chi connectivity index (χ3n) is 1.97. The zero-order chi connectivity index (χ0) is 9.10. The van der Waals surface area contributed by atoms with Crippen LogP contribution in [0.2, 0.25) is 0 Å². The molecule has 1 saturated heterocycles. The van der Waals surface area contributed by atoms with Gasteiger partial charge in [-0.1, -0.05) is 12.1 Å². The molecule has 3 heteroatoms. The van der Waals surface area contributed by atoms with Gasteiger partial charge in [-0.3, -0.25) is 0 Å². The second kappa shape index (κ2) is 3.77. The Balaban J connectivity index is 2.14. The van der Waals surface area contributed by atoms with Crippen molar-refractivity contribution in [2.24, 2.45) is 0 Å². The maximum Gasteiger partial charge on any atom is 0.183 e. The van der Waals surface area contributed by atoms with E-state index in [0.717, 1.165) is 25.2 Å². The summed E-state index contributed by atoms with van der Waals surface area (Å²) in [6.07, 6.45) is 0.635. The van der Waals surface area contributed by atoms with Crippen LogP contribution in [-0.2, 0) is 9.47 Å². The van der Waals surface area contributed by atoms with Gasteiger partial charge in [0.05, 0.1) is 13.2 Å². The Bertz CT molecular complexity index is 279. The number of hydrogen-bond donors (Lipinski definition) is 1. The van der Waals surface area contributed by atoms with Gasteiger partial charge < -0.3 is 14.6 Å². The zero-order valence-electron chi connectivity index (χ0n) is 7.27. The van der Waals surface area contributed by atoms with Gasteiger partial charge >= 0.3 is 0 Å². The Morgan fingerprint density at radius 2 is 2.00 bits per heavy atom. The number of hydrogen-bond acceptors (Lipinski definition) is 3. The van der Waals surface area contributed by atoms with E-state index in [9.17, 15) is 5.11 Å². The average molecular weight is 180 g/mol. The van der Waals surface area contributed by atoms with Crippen LogP contribution in [0.15, 0.2) is 24.3 Å². The summed E-state index contributed by atoms with van der Waals surface area (Å²) in [4.78, 5) is 0. The molecule has 1 aliphatic heterocycles. The third kappa shape index (κ3) is 1.99. The molecule has 3 nitrogen and oxygen atoms in total. The van der Waals surface area contributed by atoms with E-state index in [4.69, 9.17) is 9.47 Å². The predicted molar refractivity (Wildman–Crippen MR) is 47.4 cm³/mol. The Labute approximate surface area is 76.9 Å². The van der Waals surface area contributed by atoms with Crippen LogP contribution in [-0.4, -0.2) is 18.3 Å². The fourth-order valence-corrected chi connectivity index (χ4v) is 1.35. The Kier molecular flexibility index (Phi) is 2.47. The van der Waals surface area contributed by atoms with Crippen molar-refractivity contribution in [3.05, 3.63) is 29.8 Å². The lowest BCUT2D eigenvalue weighted by molar-refractivity contribution is -0.183. The molecule has 0 spiro atoms. The monoisotopic (exact) mass is 180 g/mol. The van der Waals surface area contributed by atoms with Gasteiger partial charge in [-0.05, 0) is 18.6 Å². The van der Waals surface area contributed by atoms with Crippen LogP contribution in [0.1, 0.15) is 18.3 Å². The van der Waals surface area contributed by atoms with Crippen molar-refractivity contribution < 1.29 is 14.6 Å². The molecule has 1 aromatic carbocycles. The highest BCUT2D eigenvalue weighted by atomic mass is 16.7. The van der Waals surface area contributed by atoms with Crippen LogP contribution in [0.5, 0.6) is 5.75 Å². The molecule has 0 aliphatic carbocycles. The number of benzene rings is 1. The summed E-state index contributed by atoms with van der Waals surface area (Å²) in [6, 6.07) is 6.96. The van der Waals surface area contributed by atoms with Gasteiger partial charge in [-0.15, -0.1) is 0 Å². The Morgan fingerprint density at radius 3 is 2.69 bits per heavy atom. The summed E-state index contributed by atoms with van der Waals surface area (Å²) in [5, 5.41) is 9.23. The first-order valence-electron chi connectivity index (χ1n) is 4.38. The summed E-state index contributed by atoms with van der Waals surface area (Å²) < 4.78 is 10.8. The van der Waals surface area contributed by atoms with Crippen LogP contribution < -0.4 is 0 Å². The van der Waals surface area contributed by atoms with Crippen LogP contribution in [0.3, 0.4) is 0 Å². The van der Waals surface area contributed by atoms with Crippen LogP contribution >= 0.6 is 0 Å². The van der Waals surface area contributed by atoms with Crippen molar-refractivity contribution in [2.75, 3.05) is 13.2 Å². The van der Waals surface area contributed by atoms with Crippen LogP contribution in [0.25, 0.3) is 0 Å². The lowest BCUT2D eigenvalue weighted by Gasteiger charge is -2.23. The summed E-state index contributed by atoms with van der Waals surface area (Å²) in [5.74, 6) is 0.246. The molecule has 2 rings (SSSR count). The molecule has 1 aliphatic rings. The molecule has 13 heavy (non-hydrogen) atoms. The molecule has 0 bridgehead atoms. The average Bonchev–Trinajstić information content (AvgIpc) is 2.19. The third-order valence-corrected chi connectivity index (χ3v) is 1.97. The molecule has 0 radical (unpaired) electrons. The van der Waals surface area contributed by atoms with Crippen molar-refractivity contribution in [3.8, 4) is 5.75 Å². The first-order chi connectivity index (χ1) is 6.36. The molecule has 0 atom stereocenters. The van der Waals surface area contributed by atoms with E-state index >= 15 is 0 Å². The van der Waals surface area contributed by atoms with Crippen molar-refractivity contribution in [3.63, 3.8) is 0 Å². The van der Waals surface area contributed by atoms with Gasteiger partial charge in [0.25, 0.3) is 0 Å². The predicted octanol–water partition coefficient (Wildman–Crippen LogP) is 1.83. The van der Waals surface area contributed by atoms with Crippen molar-refractivity contribution in [2.45, 2.75) is 12.7 Å². The number of rotatable bonds is 1. The van der Waals surface area contributed by atoms with Crippen molar-refractivity contribution >= 4 is 0 Å². The highest BCUT2D eigenvalue weighted by Crippen LogP contribution is 2.24. The van der Waals surface area contributed by atoms with Gasteiger partial charge in [0.1, 0.15) is 5.75 Å². The minimum atomic E-state index is -0.305. The van der Waals surface area contributed by atoms with E-state index in [1.54, 1.807) is 18.2 Å². The highest BCUT2D eigenvalue weighted by Gasteiger charge is 2.16. The molecular formula is C10H12O3.